The Labute approximate surface area is 117 Å². The molecule has 4 nitrogen and oxygen atoms in total. The molecule has 0 N–H and O–H groups in total. The molecule has 0 spiro atoms. The average Bonchev–Trinajstić information content (AvgIpc) is 2.35. The SMILES string of the molecule is CCCCN(C)S(=O)(=O)c1ccc(OC)c(Br)c1. The lowest BCUT2D eigenvalue weighted by Gasteiger charge is -2.17. The van der Waals surface area contributed by atoms with Crippen LogP contribution in [0.3, 0.4) is 0 Å². The Balaban J connectivity index is 3.01. The van der Waals surface area contributed by atoms with Crippen LogP contribution in [0, 0.1) is 0 Å². The first-order valence-corrected chi connectivity index (χ1v) is 7.96. The van der Waals surface area contributed by atoms with Crippen molar-refractivity contribution < 1.29 is 13.2 Å². The van der Waals surface area contributed by atoms with Crippen molar-refractivity contribution in [3.8, 4) is 5.75 Å². The van der Waals surface area contributed by atoms with E-state index < -0.39 is 10.0 Å². The summed E-state index contributed by atoms with van der Waals surface area (Å²) in [4.78, 5) is 0.272. The molecule has 0 heterocycles. The number of rotatable bonds is 6. The van der Waals surface area contributed by atoms with Gasteiger partial charge in [0.05, 0.1) is 16.5 Å². The van der Waals surface area contributed by atoms with Crippen LogP contribution >= 0.6 is 15.9 Å². The Morgan fingerprint density at radius 2 is 2.06 bits per heavy atom. The quantitative estimate of drug-likeness (QED) is 0.802. The number of nitrogens with zero attached hydrogens (tertiary/aromatic N) is 1. The van der Waals surface area contributed by atoms with Crippen LogP contribution in [-0.4, -0.2) is 33.4 Å². The van der Waals surface area contributed by atoms with Gasteiger partial charge in [-0.2, -0.15) is 0 Å². The summed E-state index contributed by atoms with van der Waals surface area (Å²) in [5.74, 6) is 0.616. The maximum atomic E-state index is 12.3. The van der Waals surface area contributed by atoms with Gasteiger partial charge in [0.25, 0.3) is 0 Å². The molecule has 1 rings (SSSR count). The van der Waals surface area contributed by atoms with E-state index in [0.29, 0.717) is 16.8 Å². The van der Waals surface area contributed by atoms with E-state index in [1.165, 1.54) is 4.31 Å². The molecular weight excluding hydrogens is 318 g/mol. The summed E-state index contributed by atoms with van der Waals surface area (Å²) >= 11 is 3.29. The molecule has 0 aliphatic carbocycles. The van der Waals surface area contributed by atoms with Crippen molar-refractivity contribution in [2.45, 2.75) is 24.7 Å². The summed E-state index contributed by atoms with van der Waals surface area (Å²) in [7, 11) is -0.267. The highest BCUT2D eigenvalue weighted by Gasteiger charge is 2.21. The fourth-order valence-corrected chi connectivity index (χ4v) is 3.42. The Kier molecular flexibility index (Phi) is 5.62. The Hall–Kier alpha value is -0.590. The van der Waals surface area contributed by atoms with Gasteiger partial charge in [0.15, 0.2) is 0 Å². The van der Waals surface area contributed by atoms with E-state index in [9.17, 15) is 8.42 Å². The predicted octanol–water partition coefficient (Wildman–Crippen LogP) is 2.88. The summed E-state index contributed by atoms with van der Waals surface area (Å²) in [5.41, 5.74) is 0. The van der Waals surface area contributed by atoms with Gasteiger partial charge in [0.2, 0.25) is 10.0 Å². The van der Waals surface area contributed by atoms with Crippen molar-refractivity contribution in [2.75, 3.05) is 20.7 Å². The van der Waals surface area contributed by atoms with Gasteiger partial charge in [-0.3, -0.25) is 0 Å². The molecule has 0 atom stereocenters. The van der Waals surface area contributed by atoms with E-state index in [2.05, 4.69) is 15.9 Å². The van der Waals surface area contributed by atoms with Gasteiger partial charge in [-0.15, -0.1) is 0 Å². The fourth-order valence-electron chi connectivity index (χ4n) is 1.49. The van der Waals surface area contributed by atoms with E-state index in [-0.39, 0.29) is 4.90 Å². The van der Waals surface area contributed by atoms with Crippen LogP contribution in [0.5, 0.6) is 5.75 Å². The van der Waals surface area contributed by atoms with E-state index in [0.717, 1.165) is 12.8 Å². The molecule has 0 saturated carbocycles. The minimum Gasteiger partial charge on any atom is -0.496 e. The first-order valence-electron chi connectivity index (χ1n) is 5.73. The van der Waals surface area contributed by atoms with Gasteiger partial charge in [0, 0.05) is 13.6 Å². The molecule has 0 radical (unpaired) electrons. The van der Waals surface area contributed by atoms with Gasteiger partial charge in [0.1, 0.15) is 5.75 Å². The smallest absolute Gasteiger partial charge is 0.242 e. The standard InChI is InChI=1S/C12H18BrNO3S/c1-4-5-8-14(2)18(15,16)10-6-7-12(17-3)11(13)9-10/h6-7,9H,4-5,8H2,1-3H3. The zero-order valence-electron chi connectivity index (χ0n) is 10.8. The summed E-state index contributed by atoms with van der Waals surface area (Å²) in [6.45, 7) is 2.56. The number of benzene rings is 1. The lowest BCUT2D eigenvalue weighted by Crippen LogP contribution is -2.27. The number of halogens is 1. The molecular formula is C12H18BrNO3S. The molecule has 0 aliphatic heterocycles. The number of ether oxygens (including phenoxy) is 1. The monoisotopic (exact) mass is 335 g/mol. The third-order valence-corrected chi connectivity index (χ3v) is 5.13. The van der Waals surface area contributed by atoms with E-state index in [1.807, 2.05) is 6.92 Å². The summed E-state index contributed by atoms with van der Waals surface area (Å²) < 4.78 is 31.6. The van der Waals surface area contributed by atoms with E-state index in [4.69, 9.17) is 4.74 Å². The van der Waals surface area contributed by atoms with Crippen molar-refractivity contribution in [3.63, 3.8) is 0 Å². The topological polar surface area (TPSA) is 46.6 Å². The molecule has 0 amide bonds. The minimum atomic E-state index is -3.41. The maximum absolute atomic E-state index is 12.3. The molecule has 0 aliphatic rings. The van der Waals surface area contributed by atoms with Gasteiger partial charge >= 0.3 is 0 Å². The Bertz CT molecular complexity index is 502. The molecule has 1 aromatic carbocycles. The predicted molar refractivity (Wildman–Crippen MR) is 75.4 cm³/mol. The third kappa shape index (κ3) is 3.46. The maximum Gasteiger partial charge on any atom is 0.242 e. The third-order valence-electron chi connectivity index (χ3n) is 2.66. The zero-order valence-corrected chi connectivity index (χ0v) is 13.2. The summed E-state index contributed by atoms with van der Waals surface area (Å²) in [6.07, 6.45) is 1.82. The van der Waals surface area contributed by atoms with E-state index >= 15 is 0 Å². The first kappa shape index (κ1) is 15.5. The van der Waals surface area contributed by atoms with Crippen molar-refractivity contribution in [2.24, 2.45) is 0 Å². The van der Waals surface area contributed by atoms with Crippen molar-refractivity contribution >= 4 is 26.0 Å². The lowest BCUT2D eigenvalue weighted by molar-refractivity contribution is 0.411. The van der Waals surface area contributed by atoms with Crippen molar-refractivity contribution in [1.29, 1.82) is 0 Å². The molecule has 0 unspecified atom stereocenters. The van der Waals surface area contributed by atoms with Gasteiger partial charge in [-0.25, -0.2) is 12.7 Å². The average molecular weight is 336 g/mol. The lowest BCUT2D eigenvalue weighted by atomic mass is 10.3. The highest BCUT2D eigenvalue weighted by atomic mass is 79.9. The molecule has 1 aromatic rings. The molecule has 18 heavy (non-hydrogen) atoms. The molecule has 102 valence electrons. The van der Waals surface area contributed by atoms with Gasteiger partial charge < -0.3 is 4.74 Å². The molecule has 6 heteroatoms. The highest BCUT2D eigenvalue weighted by molar-refractivity contribution is 9.10. The van der Waals surface area contributed by atoms with Crippen LogP contribution in [0.4, 0.5) is 0 Å². The fraction of sp³-hybridized carbons (Fsp3) is 0.500. The number of methoxy groups -OCH3 is 1. The van der Waals surface area contributed by atoms with Crippen molar-refractivity contribution in [3.05, 3.63) is 22.7 Å². The van der Waals surface area contributed by atoms with Crippen LogP contribution in [-0.2, 0) is 10.0 Å². The highest BCUT2D eigenvalue weighted by Crippen LogP contribution is 2.28. The van der Waals surface area contributed by atoms with Gasteiger partial charge in [-0.05, 0) is 40.5 Å². The van der Waals surface area contributed by atoms with Gasteiger partial charge in [-0.1, -0.05) is 13.3 Å². The minimum absolute atomic E-state index is 0.272. The summed E-state index contributed by atoms with van der Waals surface area (Å²) in [5, 5.41) is 0. The normalized spacial score (nSPS) is 11.8. The first-order chi connectivity index (χ1) is 8.43. The molecule has 0 bridgehead atoms. The Morgan fingerprint density at radius 1 is 1.39 bits per heavy atom. The largest absolute Gasteiger partial charge is 0.496 e. The molecule has 0 aromatic heterocycles. The molecule has 0 saturated heterocycles. The van der Waals surface area contributed by atoms with E-state index in [1.54, 1.807) is 32.4 Å². The second-order valence-corrected chi connectivity index (χ2v) is 6.88. The van der Waals surface area contributed by atoms with Crippen LogP contribution in [0.1, 0.15) is 19.8 Å². The second-order valence-electron chi connectivity index (χ2n) is 3.98. The number of unbranched alkanes of at least 4 members (excludes halogenated alkanes) is 1. The van der Waals surface area contributed by atoms with Crippen LogP contribution in [0.25, 0.3) is 0 Å². The molecule has 0 fully saturated rings. The Morgan fingerprint density at radius 3 is 2.56 bits per heavy atom. The summed E-state index contributed by atoms with van der Waals surface area (Å²) in [6, 6.07) is 4.77. The second kappa shape index (κ2) is 6.54. The van der Waals surface area contributed by atoms with Crippen molar-refractivity contribution in [1.82, 2.24) is 4.31 Å². The number of hydrogen-bond donors (Lipinski definition) is 0. The van der Waals surface area contributed by atoms with Crippen LogP contribution in [0.2, 0.25) is 0 Å². The zero-order chi connectivity index (χ0) is 13.8. The van der Waals surface area contributed by atoms with Crippen LogP contribution in [0.15, 0.2) is 27.6 Å². The van der Waals surface area contributed by atoms with Crippen LogP contribution < -0.4 is 4.74 Å². The number of hydrogen-bond acceptors (Lipinski definition) is 3. The number of sulfonamides is 1.